The summed E-state index contributed by atoms with van der Waals surface area (Å²) in [5.41, 5.74) is 1.53. The van der Waals surface area contributed by atoms with Crippen LogP contribution in [0.15, 0.2) is 46.7 Å². The summed E-state index contributed by atoms with van der Waals surface area (Å²) in [7, 11) is 1.40. The lowest BCUT2D eigenvalue weighted by Gasteiger charge is -2.18. The van der Waals surface area contributed by atoms with E-state index in [4.69, 9.17) is 0 Å². The Hall–Kier alpha value is -2.33. The van der Waals surface area contributed by atoms with Crippen LogP contribution in [0, 0.1) is 6.92 Å². The standard InChI is InChI=1S/C18H22F3N5OS/c1-13-11-14(28-17-23-7-3-8-24-17)5-6-15(13)25-16(27)22-9-4-10-26(2)12-18(19,20)21/h3,5-8,11H,4,9-10,12H2,1-2H3,(H2,22,25,27). The summed E-state index contributed by atoms with van der Waals surface area (Å²) in [5.74, 6) is 0. The highest BCUT2D eigenvalue weighted by molar-refractivity contribution is 7.99. The van der Waals surface area contributed by atoms with Gasteiger partial charge in [0.2, 0.25) is 0 Å². The molecule has 0 atom stereocenters. The van der Waals surface area contributed by atoms with Gasteiger partial charge in [0.1, 0.15) is 0 Å². The summed E-state index contributed by atoms with van der Waals surface area (Å²) in [6, 6.07) is 6.92. The van der Waals surface area contributed by atoms with Gasteiger partial charge in [0.15, 0.2) is 5.16 Å². The van der Waals surface area contributed by atoms with Crippen LogP contribution in [0.1, 0.15) is 12.0 Å². The molecule has 0 radical (unpaired) electrons. The highest BCUT2D eigenvalue weighted by atomic mass is 32.2. The summed E-state index contributed by atoms with van der Waals surface area (Å²) in [5, 5.41) is 6.03. The Morgan fingerprint density at radius 3 is 2.61 bits per heavy atom. The Kier molecular flexibility index (Phi) is 8.06. The molecule has 0 aliphatic carbocycles. The van der Waals surface area contributed by atoms with Crippen LogP contribution in [0.25, 0.3) is 0 Å². The van der Waals surface area contributed by atoms with Gasteiger partial charge in [0.25, 0.3) is 0 Å². The average Bonchev–Trinajstić information content (AvgIpc) is 2.60. The van der Waals surface area contributed by atoms with Gasteiger partial charge in [-0.15, -0.1) is 0 Å². The molecule has 0 aliphatic rings. The van der Waals surface area contributed by atoms with Gasteiger partial charge in [0.05, 0.1) is 6.54 Å². The minimum Gasteiger partial charge on any atom is -0.338 e. The van der Waals surface area contributed by atoms with E-state index in [1.807, 2.05) is 19.1 Å². The molecule has 1 aromatic heterocycles. The third-order valence-electron chi connectivity index (χ3n) is 3.65. The minimum absolute atomic E-state index is 0.242. The van der Waals surface area contributed by atoms with Crippen molar-refractivity contribution in [3.05, 3.63) is 42.2 Å². The number of carbonyl (C=O) groups is 1. The molecule has 0 spiro atoms. The minimum atomic E-state index is -4.21. The van der Waals surface area contributed by atoms with Crippen LogP contribution in [-0.2, 0) is 0 Å². The molecule has 1 heterocycles. The smallest absolute Gasteiger partial charge is 0.338 e. The fourth-order valence-electron chi connectivity index (χ4n) is 2.39. The molecule has 2 amide bonds. The van der Waals surface area contributed by atoms with Gasteiger partial charge in [-0.1, -0.05) is 0 Å². The number of anilines is 1. The molecule has 1 aromatic carbocycles. The summed E-state index contributed by atoms with van der Waals surface area (Å²) >= 11 is 1.42. The van der Waals surface area contributed by atoms with Crippen molar-refractivity contribution in [1.29, 1.82) is 0 Å². The third kappa shape index (κ3) is 8.13. The molecule has 6 nitrogen and oxygen atoms in total. The van der Waals surface area contributed by atoms with Crippen LogP contribution in [-0.4, -0.2) is 53.8 Å². The van der Waals surface area contributed by atoms with Gasteiger partial charge in [0, 0.05) is 29.5 Å². The lowest BCUT2D eigenvalue weighted by molar-refractivity contribution is -0.143. The van der Waals surface area contributed by atoms with Gasteiger partial charge < -0.3 is 10.6 Å². The molecule has 0 fully saturated rings. The second-order valence-electron chi connectivity index (χ2n) is 6.20. The number of halogens is 3. The number of nitrogens with one attached hydrogen (secondary N) is 2. The van der Waals surface area contributed by atoms with Gasteiger partial charge in [-0.25, -0.2) is 14.8 Å². The van der Waals surface area contributed by atoms with Gasteiger partial charge in [-0.05, 0) is 68.5 Å². The van der Waals surface area contributed by atoms with Crippen LogP contribution in [0.2, 0.25) is 0 Å². The average molecular weight is 413 g/mol. The van der Waals surface area contributed by atoms with Crippen LogP contribution in [0.4, 0.5) is 23.7 Å². The first-order chi connectivity index (χ1) is 13.2. The zero-order valence-electron chi connectivity index (χ0n) is 15.6. The van der Waals surface area contributed by atoms with E-state index >= 15 is 0 Å². The molecule has 152 valence electrons. The lowest BCUT2D eigenvalue weighted by atomic mass is 10.2. The highest BCUT2D eigenvalue weighted by Crippen LogP contribution is 2.27. The van der Waals surface area contributed by atoms with Crippen molar-refractivity contribution in [3.63, 3.8) is 0 Å². The van der Waals surface area contributed by atoms with Crippen molar-refractivity contribution in [2.75, 3.05) is 32.0 Å². The quantitative estimate of drug-likeness (QED) is 0.507. The van der Waals surface area contributed by atoms with Crippen molar-refractivity contribution in [2.45, 2.75) is 29.6 Å². The summed E-state index contributed by atoms with van der Waals surface area (Å²) < 4.78 is 36.7. The zero-order valence-corrected chi connectivity index (χ0v) is 16.4. The maximum atomic E-state index is 12.2. The number of aromatic nitrogens is 2. The Labute approximate surface area is 165 Å². The lowest BCUT2D eigenvalue weighted by Crippen LogP contribution is -2.35. The molecule has 0 saturated heterocycles. The van der Waals surface area contributed by atoms with E-state index in [9.17, 15) is 18.0 Å². The number of nitrogens with zero attached hydrogens (tertiary/aromatic N) is 3. The molecule has 10 heteroatoms. The van der Waals surface area contributed by atoms with E-state index < -0.39 is 18.8 Å². The summed E-state index contributed by atoms with van der Waals surface area (Å²) in [6.07, 6.45) is -0.452. The Morgan fingerprint density at radius 2 is 1.96 bits per heavy atom. The van der Waals surface area contributed by atoms with Crippen molar-refractivity contribution in [2.24, 2.45) is 0 Å². The van der Waals surface area contributed by atoms with E-state index in [-0.39, 0.29) is 13.1 Å². The Morgan fingerprint density at radius 1 is 1.25 bits per heavy atom. The van der Waals surface area contributed by atoms with Crippen LogP contribution >= 0.6 is 11.8 Å². The molecule has 0 aliphatic heterocycles. The monoisotopic (exact) mass is 413 g/mol. The summed E-state index contributed by atoms with van der Waals surface area (Å²) in [6.45, 7) is 1.44. The van der Waals surface area contributed by atoms with Crippen LogP contribution < -0.4 is 10.6 Å². The molecule has 2 rings (SSSR count). The van der Waals surface area contributed by atoms with E-state index in [0.29, 0.717) is 17.3 Å². The van der Waals surface area contributed by atoms with Crippen molar-refractivity contribution in [3.8, 4) is 0 Å². The van der Waals surface area contributed by atoms with Gasteiger partial charge in [-0.3, -0.25) is 4.90 Å². The number of hydrogen-bond acceptors (Lipinski definition) is 5. The van der Waals surface area contributed by atoms with E-state index in [1.54, 1.807) is 24.5 Å². The Bertz CT molecular complexity index is 774. The first kappa shape index (κ1) is 22.0. The highest BCUT2D eigenvalue weighted by Gasteiger charge is 2.28. The molecule has 0 bridgehead atoms. The predicted octanol–water partition coefficient (Wildman–Crippen LogP) is 3.94. The number of carbonyl (C=O) groups excluding carboxylic acids is 1. The number of amides is 2. The normalized spacial score (nSPS) is 11.5. The number of urea groups is 1. The first-order valence-electron chi connectivity index (χ1n) is 8.58. The second kappa shape index (κ2) is 10.3. The SMILES string of the molecule is Cc1cc(Sc2ncccn2)ccc1NC(=O)NCCCN(C)CC(F)(F)F. The largest absolute Gasteiger partial charge is 0.401 e. The second-order valence-corrected chi connectivity index (χ2v) is 7.24. The van der Waals surface area contributed by atoms with Crippen molar-refractivity contribution in [1.82, 2.24) is 20.2 Å². The molecule has 28 heavy (non-hydrogen) atoms. The molecular weight excluding hydrogens is 391 g/mol. The number of rotatable bonds is 8. The number of hydrogen-bond donors (Lipinski definition) is 2. The topological polar surface area (TPSA) is 70.1 Å². The predicted molar refractivity (Wildman–Crippen MR) is 103 cm³/mol. The molecule has 2 aromatic rings. The fraction of sp³-hybridized carbons (Fsp3) is 0.389. The van der Waals surface area contributed by atoms with Crippen LogP contribution in [0.3, 0.4) is 0 Å². The van der Waals surface area contributed by atoms with Crippen molar-refractivity contribution < 1.29 is 18.0 Å². The van der Waals surface area contributed by atoms with Crippen LogP contribution in [0.5, 0.6) is 0 Å². The number of alkyl halides is 3. The fourth-order valence-corrected chi connectivity index (χ4v) is 3.20. The molecule has 0 unspecified atom stereocenters. The van der Waals surface area contributed by atoms with E-state index in [0.717, 1.165) is 10.5 Å². The number of benzene rings is 1. The van der Waals surface area contributed by atoms with E-state index in [2.05, 4.69) is 20.6 Å². The van der Waals surface area contributed by atoms with Crippen molar-refractivity contribution >= 4 is 23.5 Å². The van der Waals surface area contributed by atoms with Gasteiger partial charge >= 0.3 is 12.2 Å². The number of aryl methyl sites for hydroxylation is 1. The maximum Gasteiger partial charge on any atom is 0.401 e. The first-order valence-corrected chi connectivity index (χ1v) is 9.40. The third-order valence-corrected chi connectivity index (χ3v) is 4.53. The Balaban J connectivity index is 1.76. The van der Waals surface area contributed by atoms with E-state index in [1.165, 1.54) is 23.7 Å². The zero-order chi connectivity index (χ0) is 20.6. The molecule has 0 saturated carbocycles. The maximum absolute atomic E-state index is 12.2. The van der Waals surface area contributed by atoms with Gasteiger partial charge in [-0.2, -0.15) is 13.2 Å². The molecular formula is C18H22F3N5OS. The molecule has 2 N–H and O–H groups in total. The summed E-state index contributed by atoms with van der Waals surface area (Å²) in [4.78, 5) is 22.4.